The van der Waals surface area contributed by atoms with Crippen LogP contribution in [0, 0.1) is 0 Å². The maximum Gasteiger partial charge on any atom is 0.270 e. The van der Waals surface area contributed by atoms with Crippen molar-refractivity contribution in [2.75, 3.05) is 0 Å². The Morgan fingerprint density at radius 1 is 1.00 bits per heavy atom. The van der Waals surface area contributed by atoms with Gasteiger partial charge in [-0.2, -0.15) is 5.10 Å². The molecule has 0 saturated carbocycles. The van der Waals surface area contributed by atoms with E-state index in [1.807, 2.05) is 54.6 Å². The first-order chi connectivity index (χ1) is 15.8. The highest BCUT2D eigenvalue weighted by Gasteiger charge is 2.13. The van der Waals surface area contributed by atoms with Crippen LogP contribution in [0.15, 0.2) is 95.9 Å². The standard InChI is InChI=1S/C25H20N4O3/c30-25(26-15-21-7-4-14-31-21)23-12-13-29-24(28-23)22(16-27-29)19-8-10-20(11-9-19)32-17-18-5-2-1-3-6-18/h1-14,16H,15,17H2,(H,26,30). The van der Waals surface area contributed by atoms with Gasteiger partial charge in [0.1, 0.15) is 23.8 Å². The smallest absolute Gasteiger partial charge is 0.270 e. The fourth-order valence-corrected chi connectivity index (χ4v) is 3.34. The number of carbonyl (C=O) groups excluding carboxylic acids is 1. The van der Waals surface area contributed by atoms with Crippen LogP contribution in [0.5, 0.6) is 5.75 Å². The lowest BCUT2D eigenvalue weighted by Gasteiger charge is -2.07. The SMILES string of the molecule is O=C(NCc1ccco1)c1ccn2ncc(-c3ccc(OCc4ccccc4)cc3)c2n1. The van der Waals surface area contributed by atoms with Gasteiger partial charge in [0.25, 0.3) is 5.91 Å². The summed E-state index contributed by atoms with van der Waals surface area (Å²) in [5, 5.41) is 7.17. The van der Waals surface area contributed by atoms with Crippen LogP contribution in [0.4, 0.5) is 0 Å². The van der Waals surface area contributed by atoms with Gasteiger partial charge in [-0.15, -0.1) is 0 Å². The van der Waals surface area contributed by atoms with Gasteiger partial charge in [0.15, 0.2) is 5.65 Å². The average molecular weight is 424 g/mol. The summed E-state index contributed by atoms with van der Waals surface area (Å²) in [5.41, 5.74) is 3.80. The molecule has 3 heterocycles. The second-order valence-electron chi connectivity index (χ2n) is 7.20. The lowest BCUT2D eigenvalue weighted by molar-refractivity contribution is 0.0943. The van der Waals surface area contributed by atoms with Gasteiger partial charge in [0.05, 0.1) is 19.0 Å². The molecule has 0 bridgehead atoms. The molecule has 158 valence electrons. The molecule has 0 unspecified atom stereocenters. The average Bonchev–Trinajstić information content (AvgIpc) is 3.52. The number of hydrogen-bond donors (Lipinski definition) is 1. The summed E-state index contributed by atoms with van der Waals surface area (Å²) in [4.78, 5) is 17.1. The normalized spacial score (nSPS) is 10.9. The molecule has 1 N–H and O–H groups in total. The molecule has 32 heavy (non-hydrogen) atoms. The minimum atomic E-state index is -0.277. The summed E-state index contributed by atoms with van der Waals surface area (Å²) >= 11 is 0. The fraction of sp³-hybridized carbons (Fsp3) is 0.0800. The summed E-state index contributed by atoms with van der Waals surface area (Å²) in [7, 11) is 0. The summed E-state index contributed by atoms with van der Waals surface area (Å²) in [5.74, 6) is 1.18. The Labute approximate surface area is 184 Å². The van der Waals surface area contributed by atoms with E-state index in [1.165, 1.54) is 0 Å². The molecule has 5 rings (SSSR count). The Bertz CT molecular complexity index is 1330. The predicted molar refractivity (Wildman–Crippen MR) is 119 cm³/mol. The number of nitrogens with one attached hydrogen (secondary N) is 1. The van der Waals surface area contributed by atoms with Gasteiger partial charge in [-0.3, -0.25) is 4.79 Å². The minimum absolute atomic E-state index is 0.277. The van der Waals surface area contributed by atoms with Gasteiger partial charge in [0, 0.05) is 11.8 Å². The number of amides is 1. The molecule has 0 spiro atoms. The first-order valence-corrected chi connectivity index (χ1v) is 10.2. The Morgan fingerprint density at radius 2 is 1.84 bits per heavy atom. The quantitative estimate of drug-likeness (QED) is 0.416. The lowest BCUT2D eigenvalue weighted by Crippen LogP contribution is -2.23. The van der Waals surface area contributed by atoms with E-state index in [-0.39, 0.29) is 5.91 Å². The topological polar surface area (TPSA) is 81.7 Å². The highest BCUT2D eigenvalue weighted by molar-refractivity contribution is 5.93. The van der Waals surface area contributed by atoms with Crippen LogP contribution in [0.3, 0.4) is 0 Å². The monoisotopic (exact) mass is 424 g/mol. The van der Waals surface area contributed by atoms with E-state index in [4.69, 9.17) is 9.15 Å². The number of rotatable bonds is 7. The second-order valence-corrected chi connectivity index (χ2v) is 7.20. The van der Waals surface area contributed by atoms with Crippen LogP contribution in [0.1, 0.15) is 21.8 Å². The number of fused-ring (bicyclic) bond motifs is 1. The highest BCUT2D eigenvalue weighted by Crippen LogP contribution is 2.26. The Hall–Kier alpha value is -4.39. The molecule has 1 amide bonds. The molecule has 7 nitrogen and oxygen atoms in total. The molecule has 0 aliphatic heterocycles. The van der Waals surface area contributed by atoms with Crippen molar-refractivity contribution in [1.82, 2.24) is 19.9 Å². The van der Waals surface area contributed by atoms with Gasteiger partial charge in [-0.1, -0.05) is 42.5 Å². The minimum Gasteiger partial charge on any atom is -0.489 e. The van der Waals surface area contributed by atoms with E-state index in [2.05, 4.69) is 15.4 Å². The van der Waals surface area contributed by atoms with Crippen molar-refractivity contribution in [3.63, 3.8) is 0 Å². The van der Waals surface area contributed by atoms with Gasteiger partial charge < -0.3 is 14.5 Å². The molecule has 0 fully saturated rings. The summed E-state index contributed by atoms with van der Waals surface area (Å²) in [6.07, 6.45) is 5.04. The summed E-state index contributed by atoms with van der Waals surface area (Å²) in [6.45, 7) is 0.810. The van der Waals surface area contributed by atoms with Crippen molar-refractivity contribution in [3.05, 3.63) is 108 Å². The zero-order valence-electron chi connectivity index (χ0n) is 17.1. The molecule has 2 aromatic carbocycles. The molecule has 3 aromatic heterocycles. The van der Waals surface area contributed by atoms with E-state index in [0.717, 1.165) is 22.4 Å². The number of aromatic nitrogens is 3. The van der Waals surface area contributed by atoms with E-state index in [0.29, 0.717) is 30.3 Å². The number of hydrogen-bond acceptors (Lipinski definition) is 5. The van der Waals surface area contributed by atoms with E-state index >= 15 is 0 Å². The maximum absolute atomic E-state index is 12.5. The molecule has 0 radical (unpaired) electrons. The van der Waals surface area contributed by atoms with Crippen LogP contribution in [-0.2, 0) is 13.2 Å². The number of furan rings is 1. The number of benzene rings is 2. The zero-order chi connectivity index (χ0) is 21.8. The molecule has 0 aliphatic rings. The molecule has 0 aliphatic carbocycles. The number of nitrogens with zero attached hydrogens (tertiary/aromatic N) is 3. The maximum atomic E-state index is 12.5. The largest absolute Gasteiger partial charge is 0.489 e. The van der Waals surface area contributed by atoms with Gasteiger partial charge in [0.2, 0.25) is 0 Å². The lowest BCUT2D eigenvalue weighted by atomic mass is 10.1. The highest BCUT2D eigenvalue weighted by atomic mass is 16.5. The molecule has 5 aromatic rings. The molecule has 0 atom stereocenters. The van der Waals surface area contributed by atoms with E-state index < -0.39 is 0 Å². The van der Waals surface area contributed by atoms with Crippen molar-refractivity contribution < 1.29 is 13.9 Å². The number of ether oxygens (including phenoxy) is 1. The molecule has 0 saturated heterocycles. The van der Waals surface area contributed by atoms with Crippen molar-refractivity contribution in [1.29, 1.82) is 0 Å². The Balaban J connectivity index is 1.32. The summed E-state index contributed by atoms with van der Waals surface area (Å²) in [6, 6.07) is 23.0. The van der Waals surface area contributed by atoms with Crippen LogP contribution < -0.4 is 10.1 Å². The zero-order valence-corrected chi connectivity index (χ0v) is 17.1. The van der Waals surface area contributed by atoms with Crippen molar-refractivity contribution in [2.45, 2.75) is 13.2 Å². The van der Waals surface area contributed by atoms with E-state index in [1.54, 1.807) is 41.4 Å². The van der Waals surface area contributed by atoms with Crippen molar-refractivity contribution in [2.24, 2.45) is 0 Å². The van der Waals surface area contributed by atoms with E-state index in [9.17, 15) is 4.79 Å². The van der Waals surface area contributed by atoms with Crippen LogP contribution in [0.25, 0.3) is 16.8 Å². The van der Waals surface area contributed by atoms with Crippen LogP contribution in [0.2, 0.25) is 0 Å². The molecular weight excluding hydrogens is 404 g/mol. The summed E-state index contributed by atoms with van der Waals surface area (Å²) < 4.78 is 12.8. The van der Waals surface area contributed by atoms with Crippen molar-refractivity contribution in [3.8, 4) is 16.9 Å². The molecular formula is C25H20N4O3. The van der Waals surface area contributed by atoms with Crippen molar-refractivity contribution >= 4 is 11.6 Å². The number of carbonyl (C=O) groups is 1. The Morgan fingerprint density at radius 3 is 2.62 bits per heavy atom. The van der Waals surface area contributed by atoms with Crippen LogP contribution >= 0.6 is 0 Å². The fourth-order valence-electron chi connectivity index (χ4n) is 3.34. The second kappa shape index (κ2) is 8.77. The van der Waals surface area contributed by atoms with Gasteiger partial charge >= 0.3 is 0 Å². The first-order valence-electron chi connectivity index (χ1n) is 10.2. The van der Waals surface area contributed by atoms with Gasteiger partial charge in [-0.25, -0.2) is 9.50 Å². The molecule has 7 heteroatoms. The third-order valence-electron chi connectivity index (χ3n) is 5.02. The van der Waals surface area contributed by atoms with Gasteiger partial charge in [-0.05, 0) is 41.5 Å². The third kappa shape index (κ3) is 4.22. The Kier molecular flexibility index (Phi) is 5.36. The third-order valence-corrected chi connectivity index (χ3v) is 5.02. The van der Waals surface area contributed by atoms with Crippen LogP contribution in [-0.4, -0.2) is 20.5 Å². The first kappa shape index (κ1) is 19.6. The predicted octanol–water partition coefficient (Wildman–Crippen LogP) is 4.50.